The average Bonchev–Trinajstić information content (AvgIpc) is 2.55. The molecule has 1 N–H and O–H groups in total. The van der Waals surface area contributed by atoms with Crippen LogP contribution in [0.2, 0.25) is 0 Å². The van der Waals surface area contributed by atoms with Crippen molar-refractivity contribution in [1.29, 1.82) is 0 Å². The third kappa shape index (κ3) is 3.84. The molecule has 4 atom stereocenters. The van der Waals surface area contributed by atoms with E-state index in [2.05, 4.69) is 42.8 Å². The first-order chi connectivity index (χ1) is 10.3. The van der Waals surface area contributed by atoms with E-state index in [0.717, 1.165) is 17.9 Å². The van der Waals surface area contributed by atoms with E-state index in [-0.39, 0.29) is 0 Å². The number of hydrogen-bond donors (Lipinski definition) is 1. The summed E-state index contributed by atoms with van der Waals surface area (Å²) in [6.07, 6.45) is 12.3. The molecule has 0 aromatic heterocycles. The summed E-state index contributed by atoms with van der Waals surface area (Å²) < 4.78 is 0. The lowest BCUT2D eigenvalue weighted by Crippen LogP contribution is -2.39. The molecule has 3 rings (SSSR count). The molecule has 0 aliphatic heterocycles. The third-order valence-corrected chi connectivity index (χ3v) is 6.38. The molecule has 0 bridgehead atoms. The van der Waals surface area contributed by atoms with E-state index in [1.165, 1.54) is 55.4 Å². The summed E-state index contributed by atoms with van der Waals surface area (Å²) in [6, 6.07) is 10.3. The van der Waals surface area contributed by atoms with Crippen molar-refractivity contribution in [1.82, 2.24) is 5.32 Å². The Balaban J connectivity index is 1.55. The Hall–Kier alpha value is -0.470. The van der Waals surface area contributed by atoms with Gasteiger partial charge in [-0.15, -0.1) is 11.8 Å². The summed E-state index contributed by atoms with van der Waals surface area (Å²) in [5.74, 6) is 2.06. The molecular formula is C19H29NS. The Morgan fingerprint density at radius 2 is 1.71 bits per heavy atom. The molecule has 21 heavy (non-hydrogen) atoms. The summed E-state index contributed by atoms with van der Waals surface area (Å²) >= 11 is 1.82. The molecule has 2 saturated carbocycles. The molecule has 2 aliphatic rings. The fourth-order valence-corrected chi connectivity index (χ4v) is 4.78. The maximum atomic E-state index is 3.90. The summed E-state index contributed by atoms with van der Waals surface area (Å²) in [5.41, 5.74) is 1.43. The minimum atomic E-state index is 0.478. The van der Waals surface area contributed by atoms with E-state index in [4.69, 9.17) is 0 Å². The third-order valence-electron chi connectivity index (χ3n) is 5.64. The number of hydrogen-bond acceptors (Lipinski definition) is 2. The number of thioether (sulfide) groups is 1. The molecule has 4 unspecified atom stereocenters. The second-order valence-electron chi connectivity index (χ2n) is 6.98. The molecule has 1 nitrogen and oxygen atoms in total. The molecule has 0 spiro atoms. The highest BCUT2D eigenvalue weighted by atomic mass is 32.2. The van der Waals surface area contributed by atoms with E-state index in [9.17, 15) is 0 Å². The second kappa shape index (κ2) is 7.19. The Morgan fingerprint density at radius 3 is 2.43 bits per heavy atom. The molecule has 1 aromatic rings. The molecule has 2 heteroatoms. The number of fused-ring (bicyclic) bond motifs is 1. The lowest BCUT2D eigenvalue weighted by Gasteiger charge is -2.40. The largest absolute Gasteiger partial charge is 0.307 e. The molecular weight excluding hydrogens is 274 g/mol. The molecule has 2 fully saturated rings. The van der Waals surface area contributed by atoms with Crippen molar-refractivity contribution in [2.24, 2.45) is 11.8 Å². The van der Waals surface area contributed by atoms with Crippen molar-refractivity contribution in [3.05, 3.63) is 29.8 Å². The first-order valence-corrected chi connectivity index (χ1v) is 9.88. The predicted octanol–water partition coefficient (Wildman–Crippen LogP) is 5.42. The lowest BCUT2D eigenvalue weighted by molar-refractivity contribution is 0.139. The number of nitrogens with one attached hydrogen (secondary N) is 1. The van der Waals surface area contributed by atoms with Gasteiger partial charge in [0.15, 0.2) is 0 Å². The molecule has 1 aromatic carbocycles. The van der Waals surface area contributed by atoms with Gasteiger partial charge in [-0.1, -0.05) is 37.8 Å². The summed E-state index contributed by atoms with van der Waals surface area (Å²) in [7, 11) is 0. The fraction of sp³-hybridized carbons (Fsp3) is 0.684. The minimum absolute atomic E-state index is 0.478. The Bertz CT molecular complexity index is 441. The van der Waals surface area contributed by atoms with Gasteiger partial charge in [0.25, 0.3) is 0 Å². The van der Waals surface area contributed by atoms with Crippen molar-refractivity contribution in [2.45, 2.75) is 68.8 Å². The van der Waals surface area contributed by atoms with E-state index in [0.29, 0.717) is 6.04 Å². The SMILES string of the molecule is CSc1ccc(C(C)NC2CCC3CCCCC3C2)cc1. The van der Waals surface area contributed by atoms with Crippen LogP contribution in [0.5, 0.6) is 0 Å². The van der Waals surface area contributed by atoms with Crippen LogP contribution in [0.3, 0.4) is 0 Å². The van der Waals surface area contributed by atoms with Gasteiger partial charge in [0, 0.05) is 17.0 Å². The van der Waals surface area contributed by atoms with Gasteiger partial charge in [0.1, 0.15) is 0 Å². The van der Waals surface area contributed by atoms with Crippen LogP contribution in [-0.4, -0.2) is 12.3 Å². The van der Waals surface area contributed by atoms with Crippen LogP contribution in [-0.2, 0) is 0 Å². The topological polar surface area (TPSA) is 12.0 Å². The summed E-state index contributed by atoms with van der Waals surface area (Å²) in [6.45, 7) is 2.32. The number of benzene rings is 1. The fourth-order valence-electron chi connectivity index (χ4n) is 4.37. The maximum absolute atomic E-state index is 3.90. The molecule has 0 amide bonds. The van der Waals surface area contributed by atoms with Gasteiger partial charge >= 0.3 is 0 Å². The van der Waals surface area contributed by atoms with Gasteiger partial charge in [-0.3, -0.25) is 0 Å². The van der Waals surface area contributed by atoms with Gasteiger partial charge in [-0.25, -0.2) is 0 Å². The lowest BCUT2D eigenvalue weighted by atomic mass is 9.69. The van der Waals surface area contributed by atoms with Crippen LogP contribution in [0, 0.1) is 11.8 Å². The zero-order chi connectivity index (χ0) is 14.7. The summed E-state index contributed by atoms with van der Waals surface area (Å²) in [4.78, 5) is 1.36. The van der Waals surface area contributed by atoms with Crippen molar-refractivity contribution >= 4 is 11.8 Å². The van der Waals surface area contributed by atoms with E-state index >= 15 is 0 Å². The average molecular weight is 304 g/mol. The van der Waals surface area contributed by atoms with Gasteiger partial charge in [-0.2, -0.15) is 0 Å². The minimum Gasteiger partial charge on any atom is -0.307 e. The number of rotatable bonds is 4. The van der Waals surface area contributed by atoms with E-state index in [1.54, 1.807) is 0 Å². The zero-order valence-electron chi connectivity index (χ0n) is 13.5. The Morgan fingerprint density at radius 1 is 1.00 bits per heavy atom. The molecule has 116 valence electrons. The zero-order valence-corrected chi connectivity index (χ0v) is 14.3. The van der Waals surface area contributed by atoms with Crippen molar-refractivity contribution in [3.8, 4) is 0 Å². The van der Waals surface area contributed by atoms with Crippen LogP contribution in [0.15, 0.2) is 29.2 Å². The predicted molar refractivity (Wildman–Crippen MR) is 92.9 cm³/mol. The quantitative estimate of drug-likeness (QED) is 0.746. The van der Waals surface area contributed by atoms with Crippen LogP contribution < -0.4 is 5.32 Å². The van der Waals surface area contributed by atoms with Crippen molar-refractivity contribution in [2.75, 3.05) is 6.26 Å². The van der Waals surface area contributed by atoms with Crippen LogP contribution in [0.1, 0.15) is 63.5 Å². The monoisotopic (exact) mass is 303 g/mol. The van der Waals surface area contributed by atoms with Gasteiger partial charge in [0.05, 0.1) is 0 Å². The van der Waals surface area contributed by atoms with Gasteiger partial charge in [-0.05, 0) is 62.0 Å². The highest BCUT2D eigenvalue weighted by molar-refractivity contribution is 7.98. The van der Waals surface area contributed by atoms with Crippen LogP contribution in [0.25, 0.3) is 0 Å². The van der Waals surface area contributed by atoms with Crippen LogP contribution in [0.4, 0.5) is 0 Å². The van der Waals surface area contributed by atoms with Gasteiger partial charge < -0.3 is 5.32 Å². The van der Waals surface area contributed by atoms with E-state index < -0.39 is 0 Å². The smallest absolute Gasteiger partial charge is 0.0294 e. The molecule has 2 aliphatic carbocycles. The van der Waals surface area contributed by atoms with E-state index in [1.807, 2.05) is 11.8 Å². The first-order valence-electron chi connectivity index (χ1n) is 8.66. The highest BCUT2D eigenvalue weighted by Crippen LogP contribution is 2.40. The normalized spacial score (nSPS) is 30.7. The van der Waals surface area contributed by atoms with Crippen molar-refractivity contribution < 1.29 is 0 Å². The molecule has 0 radical (unpaired) electrons. The van der Waals surface area contributed by atoms with Crippen molar-refractivity contribution in [3.63, 3.8) is 0 Å². The summed E-state index contributed by atoms with van der Waals surface area (Å²) in [5, 5.41) is 3.90. The second-order valence-corrected chi connectivity index (χ2v) is 7.86. The highest BCUT2D eigenvalue weighted by Gasteiger charge is 2.32. The molecule has 0 heterocycles. The Kier molecular flexibility index (Phi) is 5.29. The molecule has 0 saturated heterocycles. The van der Waals surface area contributed by atoms with Crippen LogP contribution >= 0.6 is 11.8 Å². The standard InChI is InChI=1S/C19H29NS/c1-14(15-8-11-19(21-2)12-9-15)20-18-10-7-16-5-3-4-6-17(16)13-18/h8-9,11-12,14,16-18,20H,3-7,10,13H2,1-2H3. The van der Waals surface area contributed by atoms with Gasteiger partial charge in [0.2, 0.25) is 0 Å². The first kappa shape index (κ1) is 15.4. The maximum Gasteiger partial charge on any atom is 0.0294 e. The Labute approximate surface area is 134 Å².